The first-order chi connectivity index (χ1) is 9.99. The Morgan fingerprint density at radius 1 is 1.14 bits per heavy atom. The fourth-order valence-electron chi connectivity index (χ4n) is 1.58. The van der Waals surface area contributed by atoms with Gasteiger partial charge >= 0.3 is 11.9 Å². The van der Waals surface area contributed by atoms with Gasteiger partial charge in [0, 0.05) is 5.56 Å². The Morgan fingerprint density at radius 3 is 2.38 bits per heavy atom. The molecule has 108 valence electrons. The number of benzene rings is 1. The van der Waals surface area contributed by atoms with Gasteiger partial charge in [-0.05, 0) is 6.92 Å². The van der Waals surface area contributed by atoms with Gasteiger partial charge in [0.25, 0.3) is 0 Å². The van der Waals surface area contributed by atoms with Gasteiger partial charge in [0.05, 0.1) is 11.3 Å². The summed E-state index contributed by atoms with van der Waals surface area (Å²) in [5.74, 6) is -2.37. The molecule has 7 heteroatoms. The van der Waals surface area contributed by atoms with Gasteiger partial charge in [0.15, 0.2) is 0 Å². The van der Waals surface area contributed by atoms with E-state index in [0.717, 1.165) is 11.8 Å². The molecule has 0 unspecified atom stereocenters. The number of rotatable bonds is 4. The van der Waals surface area contributed by atoms with Crippen LogP contribution in [0.1, 0.15) is 17.3 Å². The second-order valence-corrected chi connectivity index (χ2v) is 5.12. The van der Waals surface area contributed by atoms with Gasteiger partial charge in [0.2, 0.25) is 11.0 Å². The average Bonchev–Trinajstić information content (AvgIpc) is 2.72. The van der Waals surface area contributed by atoms with E-state index in [9.17, 15) is 19.2 Å². The fourth-order valence-corrected chi connectivity index (χ4v) is 2.21. The summed E-state index contributed by atoms with van der Waals surface area (Å²) in [5, 5.41) is 2.04. The van der Waals surface area contributed by atoms with E-state index < -0.39 is 17.8 Å². The molecule has 0 bridgehead atoms. The van der Waals surface area contributed by atoms with Crippen molar-refractivity contribution in [2.45, 2.75) is 6.92 Å². The number of nitrogens with one attached hydrogen (secondary N) is 1. The van der Waals surface area contributed by atoms with E-state index in [2.05, 4.69) is 10.1 Å². The maximum Gasteiger partial charge on any atom is 0.363 e. The number of cyclic esters (lactones) is 2. The lowest BCUT2D eigenvalue weighted by molar-refractivity contribution is -0.151. The molecule has 0 aromatic heterocycles. The third-order valence-electron chi connectivity index (χ3n) is 2.68. The lowest BCUT2D eigenvalue weighted by Gasteiger charge is -2.03. The Kier molecular flexibility index (Phi) is 4.54. The van der Waals surface area contributed by atoms with Gasteiger partial charge < -0.3 is 10.1 Å². The number of amides is 1. The summed E-state index contributed by atoms with van der Waals surface area (Å²) in [6.07, 6.45) is 0. The van der Waals surface area contributed by atoms with Crippen LogP contribution in [0.25, 0.3) is 0 Å². The minimum Gasteiger partial charge on any atom is -0.385 e. The van der Waals surface area contributed by atoms with E-state index in [4.69, 9.17) is 0 Å². The van der Waals surface area contributed by atoms with Gasteiger partial charge in [-0.3, -0.25) is 9.59 Å². The highest BCUT2D eigenvalue weighted by Gasteiger charge is 2.31. The van der Waals surface area contributed by atoms with E-state index in [-0.39, 0.29) is 22.1 Å². The zero-order valence-electron chi connectivity index (χ0n) is 11.0. The van der Waals surface area contributed by atoms with Gasteiger partial charge in [0.1, 0.15) is 5.70 Å². The minimum atomic E-state index is -0.884. The molecule has 0 saturated heterocycles. The van der Waals surface area contributed by atoms with Crippen LogP contribution in [0, 0.1) is 0 Å². The summed E-state index contributed by atoms with van der Waals surface area (Å²) in [6.45, 7) is 1.38. The Balaban J connectivity index is 1.90. The second kappa shape index (κ2) is 6.36. The van der Waals surface area contributed by atoms with E-state index in [0.29, 0.717) is 5.56 Å². The summed E-state index contributed by atoms with van der Waals surface area (Å²) < 4.78 is 4.34. The smallest absolute Gasteiger partial charge is 0.363 e. The van der Waals surface area contributed by atoms with Crippen molar-refractivity contribution in [1.82, 2.24) is 5.32 Å². The van der Waals surface area contributed by atoms with Crippen LogP contribution in [0.2, 0.25) is 0 Å². The molecule has 1 amide bonds. The van der Waals surface area contributed by atoms with E-state index in [1.807, 2.05) is 0 Å². The van der Waals surface area contributed by atoms with Crippen molar-refractivity contribution >= 4 is 34.7 Å². The standard InChI is InChI=1S/C14H11NO5S/c1-8-11(13(18)20-12(8)17)15-10(16)7-21-14(19)9-5-3-2-4-6-9/h2-6H,7H2,1H3,(H,15,16). The van der Waals surface area contributed by atoms with Gasteiger partial charge in [-0.15, -0.1) is 0 Å². The van der Waals surface area contributed by atoms with Crippen LogP contribution in [-0.4, -0.2) is 28.7 Å². The number of esters is 2. The van der Waals surface area contributed by atoms with Crippen LogP contribution in [0.5, 0.6) is 0 Å². The first kappa shape index (κ1) is 15.0. The van der Waals surface area contributed by atoms with Crippen molar-refractivity contribution in [3.63, 3.8) is 0 Å². The number of carbonyl (C=O) groups is 4. The average molecular weight is 305 g/mol. The van der Waals surface area contributed by atoms with Crippen LogP contribution in [0.3, 0.4) is 0 Å². The van der Waals surface area contributed by atoms with Crippen molar-refractivity contribution in [2.24, 2.45) is 0 Å². The summed E-state index contributed by atoms with van der Waals surface area (Å²) in [5.41, 5.74) is 0.367. The highest BCUT2D eigenvalue weighted by molar-refractivity contribution is 8.14. The minimum absolute atomic E-state index is 0.0488. The number of carbonyl (C=O) groups excluding carboxylic acids is 4. The molecular weight excluding hydrogens is 294 g/mol. The molecule has 1 aliphatic rings. The van der Waals surface area contributed by atoms with Crippen molar-refractivity contribution < 1.29 is 23.9 Å². The van der Waals surface area contributed by atoms with Crippen molar-refractivity contribution in [3.05, 3.63) is 47.2 Å². The molecule has 0 atom stereocenters. The predicted octanol–water partition coefficient (Wildman–Crippen LogP) is 1.03. The summed E-state index contributed by atoms with van der Waals surface area (Å²) >= 11 is 0.814. The topological polar surface area (TPSA) is 89.5 Å². The number of hydrogen-bond donors (Lipinski definition) is 1. The first-order valence-electron chi connectivity index (χ1n) is 5.98. The summed E-state index contributed by atoms with van der Waals surface area (Å²) in [7, 11) is 0. The molecule has 1 aromatic rings. The second-order valence-electron chi connectivity index (χ2n) is 4.17. The normalized spacial score (nSPS) is 14.1. The van der Waals surface area contributed by atoms with E-state index in [1.165, 1.54) is 6.92 Å². The number of thioether (sulfide) groups is 1. The third kappa shape index (κ3) is 3.57. The third-order valence-corrected chi connectivity index (χ3v) is 3.58. The van der Waals surface area contributed by atoms with Gasteiger partial charge in [-0.2, -0.15) is 0 Å². The monoisotopic (exact) mass is 305 g/mol. The summed E-state index contributed by atoms with van der Waals surface area (Å²) in [6, 6.07) is 8.52. The highest BCUT2D eigenvalue weighted by atomic mass is 32.2. The Hall–Kier alpha value is -2.41. The van der Waals surface area contributed by atoms with Crippen LogP contribution in [-0.2, 0) is 19.1 Å². The van der Waals surface area contributed by atoms with Crippen molar-refractivity contribution in [3.8, 4) is 0 Å². The maximum atomic E-state index is 11.8. The van der Waals surface area contributed by atoms with Crippen LogP contribution in [0.4, 0.5) is 0 Å². The molecule has 0 fully saturated rings. The molecule has 1 aromatic carbocycles. The fraction of sp³-hybridized carbons (Fsp3) is 0.143. The molecule has 1 heterocycles. The lowest BCUT2D eigenvalue weighted by Crippen LogP contribution is -2.28. The van der Waals surface area contributed by atoms with E-state index >= 15 is 0 Å². The van der Waals surface area contributed by atoms with Gasteiger partial charge in [-0.1, -0.05) is 42.1 Å². The Morgan fingerprint density at radius 2 is 1.81 bits per heavy atom. The quantitative estimate of drug-likeness (QED) is 0.660. The van der Waals surface area contributed by atoms with Crippen molar-refractivity contribution in [1.29, 1.82) is 0 Å². The van der Waals surface area contributed by atoms with Crippen LogP contribution < -0.4 is 5.32 Å². The molecular formula is C14H11NO5S. The molecule has 6 nitrogen and oxygen atoms in total. The Bertz CT molecular complexity index is 651. The SMILES string of the molecule is CC1=C(NC(=O)CSC(=O)c2ccccc2)C(=O)OC1=O. The first-order valence-corrected chi connectivity index (χ1v) is 6.97. The Labute approximate surface area is 124 Å². The zero-order valence-corrected chi connectivity index (χ0v) is 11.9. The lowest BCUT2D eigenvalue weighted by atomic mass is 10.2. The summed E-state index contributed by atoms with van der Waals surface area (Å²) in [4.78, 5) is 45.9. The molecule has 0 aliphatic carbocycles. The highest BCUT2D eigenvalue weighted by Crippen LogP contribution is 2.15. The zero-order chi connectivity index (χ0) is 15.4. The molecule has 0 saturated carbocycles. The largest absolute Gasteiger partial charge is 0.385 e. The van der Waals surface area contributed by atoms with Crippen LogP contribution >= 0.6 is 11.8 Å². The van der Waals surface area contributed by atoms with E-state index in [1.54, 1.807) is 30.3 Å². The molecule has 2 rings (SSSR count). The molecule has 0 spiro atoms. The molecule has 1 N–H and O–H groups in total. The number of hydrogen-bond acceptors (Lipinski definition) is 6. The van der Waals surface area contributed by atoms with Gasteiger partial charge in [-0.25, -0.2) is 9.59 Å². The predicted molar refractivity (Wildman–Crippen MR) is 75.2 cm³/mol. The van der Waals surface area contributed by atoms with Crippen LogP contribution in [0.15, 0.2) is 41.6 Å². The molecule has 0 radical (unpaired) electrons. The molecule has 1 aliphatic heterocycles. The molecule has 21 heavy (non-hydrogen) atoms. The number of ether oxygens (including phenoxy) is 1. The van der Waals surface area contributed by atoms with Crippen molar-refractivity contribution in [2.75, 3.05) is 5.75 Å². The maximum absolute atomic E-state index is 11.8.